The first-order chi connectivity index (χ1) is 6.04. The molecule has 74 valence electrons. The summed E-state index contributed by atoms with van der Waals surface area (Å²) in [7, 11) is 0. The average Bonchev–Trinajstić information content (AvgIpc) is 2.04. The zero-order chi connectivity index (χ0) is 10.4. The summed E-state index contributed by atoms with van der Waals surface area (Å²) < 4.78 is 4.69. The zero-order valence-corrected chi connectivity index (χ0v) is 8.22. The molecule has 0 heterocycles. The van der Waals surface area contributed by atoms with Gasteiger partial charge in [-0.1, -0.05) is 6.92 Å². The SMILES string of the molecule is CCOC(=O)C(C(=N)CC)C(C)=O. The summed E-state index contributed by atoms with van der Waals surface area (Å²) in [6, 6.07) is 0. The fraction of sp³-hybridized carbons (Fsp3) is 0.667. The summed E-state index contributed by atoms with van der Waals surface area (Å²) in [6.07, 6.45) is 0.392. The number of ether oxygens (including phenoxy) is 1. The maximum absolute atomic E-state index is 11.2. The van der Waals surface area contributed by atoms with E-state index in [0.29, 0.717) is 6.42 Å². The van der Waals surface area contributed by atoms with Gasteiger partial charge in [-0.25, -0.2) is 0 Å². The van der Waals surface area contributed by atoms with Crippen LogP contribution in [0.25, 0.3) is 0 Å². The number of ketones is 1. The van der Waals surface area contributed by atoms with Crippen LogP contribution in [-0.2, 0) is 14.3 Å². The zero-order valence-electron chi connectivity index (χ0n) is 8.22. The Morgan fingerprint density at radius 1 is 1.38 bits per heavy atom. The van der Waals surface area contributed by atoms with Crippen molar-refractivity contribution in [3.63, 3.8) is 0 Å². The molecule has 0 fully saturated rings. The molecule has 0 saturated heterocycles. The lowest BCUT2D eigenvalue weighted by Gasteiger charge is -2.11. The lowest BCUT2D eigenvalue weighted by Crippen LogP contribution is -2.31. The maximum atomic E-state index is 11.2. The van der Waals surface area contributed by atoms with Crippen LogP contribution >= 0.6 is 0 Å². The molecule has 0 saturated carbocycles. The minimum absolute atomic E-state index is 0.117. The van der Waals surface area contributed by atoms with Gasteiger partial charge in [-0.3, -0.25) is 9.59 Å². The monoisotopic (exact) mass is 185 g/mol. The quantitative estimate of drug-likeness (QED) is 0.397. The van der Waals surface area contributed by atoms with E-state index in [2.05, 4.69) is 4.74 Å². The van der Waals surface area contributed by atoms with Crippen molar-refractivity contribution in [1.29, 1.82) is 5.41 Å². The Bertz CT molecular complexity index is 223. The van der Waals surface area contributed by atoms with Crippen molar-refractivity contribution < 1.29 is 14.3 Å². The van der Waals surface area contributed by atoms with Gasteiger partial charge in [0.2, 0.25) is 0 Å². The molecule has 13 heavy (non-hydrogen) atoms. The first-order valence-electron chi connectivity index (χ1n) is 4.28. The molecule has 0 spiro atoms. The van der Waals surface area contributed by atoms with E-state index in [0.717, 1.165) is 0 Å². The standard InChI is InChI=1S/C9H15NO3/c1-4-7(10)8(6(3)11)9(12)13-5-2/h8,10H,4-5H2,1-3H3. The molecule has 4 nitrogen and oxygen atoms in total. The molecule has 0 aliphatic carbocycles. The first kappa shape index (κ1) is 11.8. The van der Waals surface area contributed by atoms with Crippen LogP contribution < -0.4 is 0 Å². The van der Waals surface area contributed by atoms with Crippen molar-refractivity contribution in [3.05, 3.63) is 0 Å². The number of hydrogen-bond donors (Lipinski definition) is 1. The topological polar surface area (TPSA) is 67.2 Å². The van der Waals surface area contributed by atoms with E-state index in [1.807, 2.05) is 0 Å². The normalized spacial score (nSPS) is 11.9. The molecule has 0 rings (SSSR count). The minimum Gasteiger partial charge on any atom is -0.465 e. The number of Topliss-reactive ketones (excluding diaryl/α,β-unsaturated/α-hetero) is 1. The van der Waals surface area contributed by atoms with Crippen LogP contribution in [0.2, 0.25) is 0 Å². The highest BCUT2D eigenvalue weighted by molar-refractivity contribution is 6.17. The Hall–Kier alpha value is -1.19. The molecule has 1 N–H and O–H groups in total. The van der Waals surface area contributed by atoms with Gasteiger partial charge >= 0.3 is 5.97 Å². The third-order valence-corrected chi connectivity index (χ3v) is 1.66. The second-order valence-electron chi connectivity index (χ2n) is 2.67. The van der Waals surface area contributed by atoms with Crippen LogP contribution in [0.3, 0.4) is 0 Å². The summed E-state index contributed by atoms with van der Waals surface area (Å²) in [6.45, 7) is 4.94. The molecule has 0 aromatic heterocycles. The van der Waals surface area contributed by atoms with Crippen LogP contribution in [0.5, 0.6) is 0 Å². The largest absolute Gasteiger partial charge is 0.465 e. The van der Waals surface area contributed by atoms with Crippen LogP contribution in [0.15, 0.2) is 0 Å². The predicted octanol–water partition coefficient (Wildman–Crippen LogP) is 1.18. The van der Waals surface area contributed by atoms with Crippen LogP contribution in [0.1, 0.15) is 27.2 Å². The number of carbonyl (C=O) groups excluding carboxylic acids is 2. The number of hydrogen-bond acceptors (Lipinski definition) is 4. The van der Waals surface area contributed by atoms with E-state index < -0.39 is 11.9 Å². The first-order valence-corrected chi connectivity index (χ1v) is 4.28. The predicted molar refractivity (Wildman–Crippen MR) is 48.8 cm³/mol. The minimum atomic E-state index is -0.995. The van der Waals surface area contributed by atoms with Gasteiger partial charge in [0.05, 0.1) is 6.61 Å². The van der Waals surface area contributed by atoms with Crippen LogP contribution in [0, 0.1) is 11.3 Å². The van der Waals surface area contributed by atoms with Gasteiger partial charge in [-0.05, 0) is 20.3 Å². The summed E-state index contributed by atoms with van der Waals surface area (Å²) in [5, 5.41) is 7.41. The van der Waals surface area contributed by atoms with Gasteiger partial charge in [-0.15, -0.1) is 0 Å². The molecular formula is C9H15NO3. The second-order valence-corrected chi connectivity index (χ2v) is 2.67. The van der Waals surface area contributed by atoms with Crippen molar-refractivity contribution in [3.8, 4) is 0 Å². The van der Waals surface area contributed by atoms with Gasteiger partial charge in [0, 0.05) is 5.71 Å². The summed E-state index contributed by atoms with van der Waals surface area (Å²) in [4.78, 5) is 22.2. The molecule has 1 unspecified atom stereocenters. The van der Waals surface area contributed by atoms with Crippen molar-refractivity contribution in [1.82, 2.24) is 0 Å². The fourth-order valence-electron chi connectivity index (χ4n) is 0.983. The molecule has 0 aromatic rings. The Morgan fingerprint density at radius 3 is 2.23 bits per heavy atom. The number of carbonyl (C=O) groups is 2. The van der Waals surface area contributed by atoms with E-state index in [9.17, 15) is 9.59 Å². The third-order valence-electron chi connectivity index (χ3n) is 1.66. The highest BCUT2D eigenvalue weighted by atomic mass is 16.5. The van der Waals surface area contributed by atoms with Crippen molar-refractivity contribution in [2.75, 3.05) is 6.61 Å². The smallest absolute Gasteiger partial charge is 0.322 e. The Morgan fingerprint density at radius 2 is 1.92 bits per heavy atom. The Balaban J connectivity index is 4.51. The third kappa shape index (κ3) is 3.36. The molecule has 0 bridgehead atoms. The van der Waals surface area contributed by atoms with Gasteiger partial charge in [0.25, 0.3) is 0 Å². The lowest BCUT2D eigenvalue weighted by molar-refractivity contribution is -0.148. The molecule has 0 radical (unpaired) electrons. The molecule has 0 aliphatic heterocycles. The summed E-state index contributed by atoms with van der Waals surface area (Å²) >= 11 is 0. The van der Waals surface area contributed by atoms with Gasteiger partial charge in [0.1, 0.15) is 5.78 Å². The van der Waals surface area contributed by atoms with E-state index in [-0.39, 0.29) is 18.1 Å². The highest BCUT2D eigenvalue weighted by Crippen LogP contribution is 2.06. The van der Waals surface area contributed by atoms with Crippen molar-refractivity contribution in [2.45, 2.75) is 27.2 Å². The summed E-state index contributed by atoms with van der Waals surface area (Å²) in [5.41, 5.74) is 0.117. The Kier molecular flexibility index (Phi) is 4.96. The second kappa shape index (κ2) is 5.45. The summed E-state index contributed by atoms with van der Waals surface area (Å²) in [5.74, 6) is -1.93. The molecule has 4 heteroatoms. The van der Waals surface area contributed by atoms with Gasteiger partial charge in [-0.2, -0.15) is 0 Å². The van der Waals surface area contributed by atoms with E-state index in [1.165, 1.54) is 6.92 Å². The molecular weight excluding hydrogens is 170 g/mol. The van der Waals surface area contributed by atoms with Gasteiger partial charge in [0.15, 0.2) is 5.92 Å². The average molecular weight is 185 g/mol. The number of rotatable bonds is 5. The maximum Gasteiger partial charge on any atom is 0.322 e. The van der Waals surface area contributed by atoms with E-state index >= 15 is 0 Å². The van der Waals surface area contributed by atoms with Crippen LogP contribution in [-0.4, -0.2) is 24.1 Å². The number of nitrogens with one attached hydrogen (secondary N) is 1. The van der Waals surface area contributed by atoms with E-state index in [1.54, 1.807) is 13.8 Å². The molecule has 0 amide bonds. The van der Waals surface area contributed by atoms with Crippen molar-refractivity contribution >= 4 is 17.5 Å². The number of esters is 1. The van der Waals surface area contributed by atoms with Crippen molar-refractivity contribution in [2.24, 2.45) is 5.92 Å². The molecule has 1 atom stereocenters. The molecule has 0 aromatic carbocycles. The van der Waals surface area contributed by atoms with E-state index in [4.69, 9.17) is 5.41 Å². The van der Waals surface area contributed by atoms with Gasteiger partial charge < -0.3 is 10.1 Å². The highest BCUT2D eigenvalue weighted by Gasteiger charge is 2.27. The Labute approximate surface area is 77.8 Å². The lowest BCUT2D eigenvalue weighted by atomic mass is 9.97. The molecule has 0 aliphatic rings. The van der Waals surface area contributed by atoms with Crippen LogP contribution in [0.4, 0.5) is 0 Å². The fourth-order valence-corrected chi connectivity index (χ4v) is 0.983.